The number of aryl methyl sites for hydroxylation is 2. The van der Waals surface area contributed by atoms with E-state index in [1.807, 2.05) is 32.6 Å². The van der Waals surface area contributed by atoms with Crippen LogP contribution in [0.15, 0.2) is 0 Å². The molecule has 0 unspecified atom stereocenters. The van der Waals surface area contributed by atoms with Gasteiger partial charge >= 0.3 is 5.97 Å². The first kappa shape index (κ1) is 18.0. The number of amides is 1. The zero-order chi connectivity index (χ0) is 18.2. The summed E-state index contributed by atoms with van der Waals surface area (Å²) in [4.78, 5) is 27.5. The van der Waals surface area contributed by atoms with Crippen LogP contribution in [-0.4, -0.2) is 45.7 Å². The van der Waals surface area contributed by atoms with Crippen LogP contribution in [0.3, 0.4) is 0 Å². The van der Waals surface area contributed by atoms with E-state index in [1.54, 1.807) is 0 Å². The monoisotopic (exact) mass is 347 g/mol. The first-order valence-electron chi connectivity index (χ1n) is 9.43. The Bertz CT molecular complexity index is 669. The largest absolute Gasteiger partial charge is 0.466 e. The summed E-state index contributed by atoms with van der Waals surface area (Å²) >= 11 is 0. The number of esters is 1. The van der Waals surface area contributed by atoms with E-state index in [1.165, 1.54) is 0 Å². The number of fused-ring (bicyclic) bond motifs is 2. The Morgan fingerprint density at radius 1 is 1.32 bits per heavy atom. The molecule has 3 atom stereocenters. The lowest BCUT2D eigenvalue weighted by atomic mass is 9.72. The molecule has 0 spiro atoms. The third-order valence-electron chi connectivity index (χ3n) is 6.27. The van der Waals surface area contributed by atoms with E-state index >= 15 is 0 Å². The molecule has 0 saturated carbocycles. The topological polar surface area (TPSA) is 75.3 Å². The van der Waals surface area contributed by atoms with Gasteiger partial charge < -0.3 is 9.64 Å². The van der Waals surface area contributed by atoms with Crippen molar-refractivity contribution in [3.8, 4) is 0 Å². The van der Waals surface area contributed by atoms with Gasteiger partial charge in [0.25, 0.3) is 0 Å². The Labute approximate surface area is 149 Å². The van der Waals surface area contributed by atoms with E-state index in [9.17, 15) is 9.59 Å². The maximum Gasteiger partial charge on any atom is 0.314 e. The number of rotatable bonds is 6. The van der Waals surface area contributed by atoms with Crippen LogP contribution >= 0.6 is 0 Å². The molecule has 3 rings (SSSR count). The standard InChI is InChI=1S/C19H29N3O3/c1-5-19(18(24)25-6-2)11-14-7-9-16(19)22(14)17(23)10-8-15-12(3)13(4)20-21-15/h14,16H,5-11H2,1-4H3,(H,20,21)/t14-,16+,19+/m1/s1. The summed E-state index contributed by atoms with van der Waals surface area (Å²) in [6, 6.07) is 0.181. The SMILES string of the molecule is CCOC(=O)[C@@]1(CC)C[C@H]2CC[C@@H]1N2C(=O)CCc1n[nH]c(C)c1C. The fourth-order valence-corrected chi connectivity index (χ4v) is 4.71. The van der Waals surface area contributed by atoms with E-state index in [0.29, 0.717) is 19.4 Å². The van der Waals surface area contributed by atoms with Crippen LogP contribution in [0.2, 0.25) is 0 Å². The lowest BCUT2D eigenvalue weighted by molar-refractivity contribution is -0.158. The number of H-pyrrole nitrogens is 1. The van der Waals surface area contributed by atoms with Crippen molar-refractivity contribution in [1.29, 1.82) is 0 Å². The van der Waals surface area contributed by atoms with Gasteiger partial charge in [-0.1, -0.05) is 6.92 Å². The van der Waals surface area contributed by atoms with Gasteiger partial charge in [-0.15, -0.1) is 0 Å². The summed E-state index contributed by atoms with van der Waals surface area (Å²) in [7, 11) is 0. The van der Waals surface area contributed by atoms with Gasteiger partial charge in [0.2, 0.25) is 5.91 Å². The molecule has 2 fully saturated rings. The number of hydrogen-bond acceptors (Lipinski definition) is 4. The van der Waals surface area contributed by atoms with E-state index in [-0.39, 0.29) is 24.0 Å². The summed E-state index contributed by atoms with van der Waals surface area (Å²) in [6.45, 7) is 8.29. The first-order valence-corrected chi connectivity index (χ1v) is 9.43. The van der Waals surface area contributed by atoms with Crippen LogP contribution in [0.25, 0.3) is 0 Å². The van der Waals surface area contributed by atoms with Gasteiger partial charge in [-0.2, -0.15) is 5.10 Å². The molecular formula is C19H29N3O3. The maximum absolute atomic E-state index is 12.9. The number of nitrogens with zero attached hydrogens (tertiary/aromatic N) is 2. The molecule has 1 aromatic heterocycles. The lowest BCUT2D eigenvalue weighted by Gasteiger charge is -2.34. The van der Waals surface area contributed by atoms with Gasteiger partial charge in [-0.05, 0) is 52.0 Å². The van der Waals surface area contributed by atoms with Crippen molar-refractivity contribution in [1.82, 2.24) is 15.1 Å². The van der Waals surface area contributed by atoms with Gasteiger partial charge in [0.1, 0.15) is 0 Å². The zero-order valence-electron chi connectivity index (χ0n) is 15.7. The second-order valence-corrected chi connectivity index (χ2v) is 7.40. The van der Waals surface area contributed by atoms with Crippen molar-refractivity contribution in [3.05, 3.63) is 17.0 Å². The lowest BCUT2D eigenvalue weighted by Crippen LogP contribution is -2.45. The molecule has 2 aliphatic heterocycles. The quantitative estimate of drug-likeness (QED) is 0.803. The number of aromatic amines is 1. The maximum atomic E-state index is 12.9. The number of carbonyl (C=O) groups excluding carboxylic acids is 2. The molecular weight excluding hydrogens is 318 g/mol. The summed E-state index contributed by atoms with van der Waals surface area (Å²) < 4.78 is 5.36. The predicted octanol–water partition coefficient (Wildman–Crippen LogP) is 2.68. The smallest absolute Gasteiger partial charge is 0.314 e. The molecule has 1 amide bonds. The van der Waals surface area contributed by atoms with Gasteiger partial charge in [-0.3, -0.25) is 14.7 Å². The third-order valence-corrected chi connectivity index (χ3v) is 6.27. The average molecular weight is 347 g/mol. The van der Waals surface area contributed by atoms with Gasteiger partial charge in [0.05, 0.1) is 17.7 Å². The highest BCUT2D eigenvalue weighted by atomic mass is 16.5. The summed E-state index contributed by atoms with van der Waals surface area (Å²) in [5.41, 5.74) is 2.64. The Balaban J connectivity index is 1.71. The van der Waals surface area contributed by atoms with Crippen LogP contribution in [0.5, 0.6) is 0 Å². The molecule has 25 heavy (non-hydrogen) atoms. The molecule has 0 aliphatic carbocycles. The average Bonchev–Trinajstić information content (AvgIpc) is 3.26. The second kappa shape index (κ2) is 6.81. The molecule has 3 heterocycles. The molecule has 1 aromatic rings. The molecule has 0 radical (unpaired) electrons. The summed E-state index contributed by atoms with van der Waals surface area (Å²) in [5, 5.41) is 7.27. The van der Waals surface area contributed by atoms with E-state index in [0.717, 1.165) is 42.6 Å². The molecule has 2 aliphatic rings. The molecule has 6 nitrogen and oxygen atoms in total. The highest BCUT2D eigenvalue weighted by Gasteiger charge is 2.60. The van der Waals surface area contributed by atoms with E-state index < -0.39 is 5.41 Å². The Kier molecular flexibility index (Phi) is 4.89. The highest BCUT2D eigenvalue weighted by molar-refractivity contribution is 5.83. The number of ether oxygens (including phenoxy) is 1. The number of hydrogen-bond donors (Lipinski definition) is 1. The van der Waals surface area contributed by atoms with Crippen LogP contribution in [0.1, 0.15) is 62.9 Å². The molecule has 6 heteroatoms. The van der Waals surface area contributed by atoms with E-state index in [4.69, 9.17) is 4.74 Å². The Hall–Kier alpha value is -1.85. The minimum absolute atomic E-state index is 0.00364. The zero-order valence-corrected chi connectivity index (χ0v) is 15.7. The van der Waals surface area contributed by atoms with Crippen molar-refractivity contribution in [2.45, 2.75) is 78.3 Å². The van der Waals surface area contributed by atoms with Crippen molar-refractivity contribution in [2.75, 3.05) is 6.61 Å². The van der Waals surface area contributed by atoms with Crippen molar-refractivity contribution >= 4 is 11.9 Å². The van der Waals surface area contributed by atoms with Crippen LogP contribution in [0, 0.1) is 19.3 Å². The summed E-state index contributed by atoms with van der Waals surface area (Å²) in [6.07, 6.45) is 4.47. The number of aromatic nitrogens is 2. The van der Waals surface area contributed by atoms with Crippen LogP contribution in [0.4, 0.5) is 0 Å². The minimum Gasteiger partial charge on any atom is -0.466 e. The van der Waals surface area contributed by atoms with E-state index in [2.05, 4.69) is 10.2 Å². The van der Waals surface area contributed by atoms with Crippen molar-refractivity contribution in [2.24, 2.45) is 5.41 Å². The van der Waals surface area contributed by atoms with Gasteiger partial charge in [0.15, 0.2) is 0 Å². The fraction of sp³-hybridized carbons (Fsp3) is 0.737. The van der Waals surface area contributed by atoms with Crippen LogP contribution < -0.4 is 0 Å². The molecule has 1 N–H and O–H groups in total. The first-order chi connectivity index (χ1) is 11.9. The highest BCUT2D eigenvalue weighted by Crippen LogP contribution is 2.52. The third kappa shape index (κ3) is 2.85. The Morgan fingerprint density at radius 3 is 2.68 bits per heavy atom. The fourth-order valence-electron chi connectivity index (χ4n) is 4.71. The predicted molar refractivity (Wildman–Crippen MR) is 94.0 cm³/mol. The molecule has 138 valence electrons. The second-order valence-electron chi connectivity index (χ2n) is 7.40. The van der Waals surface area contributed by atoms with Gasteiger partial charge in [0, 0.05) is 30.6 Å². The number of carbonyl (C=O) groups is 2. The molecule has 2 saturated heterocycles. The Morgan fingerprint density at radius 2 is 2.08 bits per heavy atom. The number of nitrogens with one attached hydrogen (secondary N) is 1. The molecule has 0 aromatic carbocycles. The normalized spacial score (nSPS) is 27.8. The summed E-state index contributed by atoms with van der Waals surface area (Å²) in [5.74, 6) is 0.0217. The van der Waals surface area contributed by atoms with Crippen molar-refractivity contribution in [3.63, 3.8) is 0 Å². The molecule has 2 bridgehead atoms. The van der Waals surface area contributed by atoms with Crippen molar-refractivity contribution < 1.29 is 14.3 Å². The van der Waals surface area contributed by atoms with Gasteiger partial charge in [-0.25, -0.2) is 0 Å². The van der Waals surface area contributed by atoms with Crippen LogP contribution in [-0.2, 0) is 20.7 Å². The minimum atomic E-state index is -0.507.